The molecule has 0 saturated carbocycles. The highest BCUT2D eigenvalue weighted by Crippen LogP contribution is 2.40. The van der Waals surface area contributed by atoms with Gasteiger partial charge in [0, 0.05) is 24.0 Å². The van der Waals surface area contributed by atoms with Crippen molar-refractivity contribution in [2.75, 3.05) is 30.8 Å². The smallest absolute Gasteiger partial charge is 0.356 e. The van der Waals surface area contributed by atoms with E-state index in [0.717, 1.165) is 41.6 Å². The number of hydrogen-bond acceptors (Lipinski definition) is 6. The summed E-state index contributed by atoms with van der Waals surface area (Å²) in [6, 6.07) is -0.654. The summed E-state index contributed by atoms with van der Waals surface area (Å²) in [6.07, 6.45) is 1.65. The lowest BCUT2D eigenvalue weighted by Crippen LogP contribution is -2.50. The molecule has 154 valence electrons. The second kappa shape index (κ2) is 7.10. The standard InChI is InChI=1S/C17H21F3N4O2S2/c1-28(25,26)24(9-17(18,19)20)11-5-7-23(8-6-11)15-14-12-3-2-4-13(12)27-16(14)22-10-21-15/h10-11H,2-9H2,1H3. The number of piperidine rings is 1. The first-order valence-electron chi connectivity index (χ1n) is 9.17. The lowest BCUT2D eigenvalue weighted by molar-refractivity contribution is -0.139. The molecule has 11 heteroatoms. The van der Waals surface area contributed by atoms with Crippen LogP contribution < -0.4 is 4.90 Å². The van der Waals surface area contributed by atoms with E-state index in [-0.39, 0.29) is 0 Å². The molecule has 0 bridgehead atoms. The number of thiophene rings is 1. The predicted octanol–water partition coefficient (Wildman–Crippen LogP) is 2.97. The van der Waals surface area contributed by atoms with Gasteiger partial charge in [0.15, 0.2) is 0 Å². The van der Waals surface area contributed by atoms with Crippen LogP contribution in [0.2, 0.25) is 0 Å². The van der Waals surface area contributed by atoms with Gasteiger partial charge in [0.05, 0.1) is 11.6 Å². The molecule has 0 amide bonds. The van der Waals surface area contributed by atoms with Gasteiger partial charge in [0.1, 0.15) is 23.5 Å². The maximum atomic E-state index is 12.9. The molecule has 1 aliphatic carbocycles. The molecule has 4 rings (SSSR count). The summed E-state index contributed by atoms with van der Waals surface area (Å²) < 4.78 is 63.0. The molecule has 2 aromatic heterocycles. The molecule has 28 heavy (non-hydrogen) atoms. The van der Waals surface area contributed by atoms with Gasteiger partial charge >= 0.3 is 6.18 Å². The highest BCUT2D eigenvalue weighted by molar-refractivity contribution is 7.88. The highest BCUT2D eigenvalue weighted by Gasteiger charge is 2.40. The van der Waals surface area contributed by atoms with E-state index in [9.17, 15) is 21.6 Å². The number of anilines is 1. The number of aromatic nitrogens is 2. The molecule has 1 saturated heterocycles. The molecular formula is C17H21F3N4O2S2. The van der Waals surface area contributed by atoms with Crippen molar-refractivity contribution >= 4 is 37.4 Å². The fourth-order valence-electron chi connectivity index (χ4n) is 4.21. The Morgan fingerprint density at radius 2 is 1.96 bits per heavy atom. The van der Waals surface area contributed by atoms with E-state index >= 15 is 0 Å². The van der Waals surface area contributed by atoms with Gasteiger partial charge in [0.25, 0.3) is 0 Å². The summed E-state index contributed by atoms with van der Waals surface area (Å²) in [6.45, 7) is -0.511. The zero-order valence-corrected chi connectivity index (χ0v) is 17.0. The van der Waals surface area contributed by atoms with Crippen LogP contribution in [0.25, 0.3) is 10.2 Å². The second-order valence-electron chi connectivity index (χ2n) is 7.38. The number of rotatable bonds is 4. The van der Waals surface area contributed by atoms with Crippen molar-refractivity contribution in [3.63, 3.8) is 0 Å². The molecule has 1 fully saturated rings. The fourth-order valence-corrected chi connectivity index (χ4v) is 6.57. The first-order valence-corrected chi connectivity index (χ1v) is 11.8. The van der Waals surface area contributed by atoms with Crippen molar-refractivity contribution in [2.24, 2.45) is 0 Å². The van der Waals surface area contributed by atoms with Crippen LogP contribution in [0.3, 0.4) is 0 Å². The Bertz CT molecular complexity index is 982. The van der Waals surface area contributed by atoms with Crippen molar-refractivity contribution in [3.05, 3.63) is 16.8 Å². The van der Waals surface area contributed by atoms with Crippen LogP contribution in [0.5, 0.6) is 0 Å². The van der Waals surface area contributed by atoms with Crippen molar-refractivity contribution in [1.82, 2.24) is 14.3 Å². The number of fused-ring (bicyclic) bond motifs is 3. The normalized spacial score (nSPS) is 19.0. The van der Waals surface area contributed by atoms with Crippen LogP contribution in [0.1, 0.15) is 29.7 Å². The van der Waals surface area contributed by atoms with E-state index < -0.39 is 28.8 Å². The predicted molar refractivity (Wildman–Crippen MR) is 102 cm³/mol. The minimum Gasteiger partial charge on any atom is -0.356 e. The van der Waals surface area contributed by atoms with Crippen LogP contribution in [-0.4, -0.2) is 60.8 Å². The number of halogens is 3. The Kier molecular flexibility index (Phi) is 5.03. The molecular weight excluding hydrogens is 413 g/mol. The van der Waals surface area contributed by atoms with Crippen molar-refractivity contribution in [1.29, 1.82) is 0 Å². The lowest BCUT2D eigenvalue weighted by atomic mass is 10.0. The summed E-state index contributed by atoms with van der Waals surface area (Å²) in [5.41, 5.74) is 1.30. The molecule has 0 N–H and O–H groups in total. The number of sulfonamides is 1. The number of alkyl halides is 3. The Labute approximate surface area is 165 Å². The van der Waals surface area contributed by atoms with E-state index in [0.29, 0.717) is 30.2 Å². The summed E-state index contributed by atoms with van der Waals surface area (Å²) in [5.74, 6) is 0.824. The number of nitrogens with zero attached hydrogens (tertiary/aromatic N) is 4. The Morgan fingerprint density at radius 1 is 1.25 bits per heavy atom. The zero-order valence-electron chi connectivity index (χ0n) is 15.4. The van der Waals surface area contributed by atoms with Crippen molar-refractivity contribution < 1.29 is 21.6 Å². The minimum atomic E-state index is -4.56. The van der Waals surface area contributed by atoms with E-state index in [1.54, 1.807) is 11.3 Å². The van der Waals surface area contributed by atoms with Gasteiger partial charge in [-0.3, -0.25) is 0 Å². The van der Waals surface area contributed by atoms with Gasteiger partial charge in [-0.25, -0.2) is 18.4 Å². The van der Waals surface area contributed by atoms with Gasteiger partial charge in [0.2, 0.25) is 10.0 Å². The van der Waals surface area contributed by atoms with Gasteiger partial charge < -0.3 is 4.90 Å². The monoisotopic (exact) mass is 434 g/mol. The number of aryl methyl sites for hydroxylation is 2. The maximum Gasteiger partial charge on any atom is 0.402 e. The second-order valence-corrected chi connectivity index (χ2v) is 10.4. The summed E-state index contributed by atoms with van der Waals surface area (Å²) in [4.78, 5) is 13.2. The van der Waals surface area contributed by atoms with Gasteiger partial charge in [-0.05, 0) is 37.7 Å². The van der Waals surface area contributed by atoms with Gasteiger partial charge in [-0.15, -0.1) is 11.3 Å². The molecule has 2 aromatic rings. The molecule has 0 spiro atoms. The Hall–Kier alpha value is -1.46. The van der Waals surface area contributed by atoms with E-state index in [1.165, 1.54) is 16.8 Å². The lowest BCUT2D eigenvalue weighted by Gasteiger charge is -2.38. The van der Waals surface area contributed by atoms with Crippen LogP contribution >= 0.6 is 11.3 Å². The van der Waals surface area contributed by atoms with Crippen molar-refractivity contribution in [3.8, 4) is 0 Å². The van der Waals surface area contributed by atoms with E-state index in [1.807, 2.05) is 0 Å². The van der Waals surface area contributed by atoms with Gasteiger partial charge in [-0.2, -0.15) is 17.5 Å². The van der Waals surface area contributed by atoms with Gasteiger partial charge in [-0.1, -0.05) is 0 Å². The first kappa shape index (κ1) is 19.8. The molecule has 0 radical (unpaired) electrons. The third kappa shape index (κ3) is 3.84. The van der Waals surface area contributed by atoms with E-state index in [4.69, 9.17) is 0 Å². The minimum absolute atomic E-state index is 0.334. The average Bonchev–Trinajstić information content (AvgIpc) is 3.19. The molecule has 0 atom stereocenters. The SMILES string of the molecule is CS(=O)(=O)N(CC(F)(F)F)C1CCN(c2ncnc3sc4c(c23)CCC4)CC1. The Balaban J connectivity index is 1.55. The molecule has 1 aliphatic heterocycles. The Morgan fingerprint density at radius 3 is 2.61 bits per heavy atom. The van der Waals surface area contributed by atoms with Crippen molar-refractivity contribution in [2.45, 2.75) is 44.3 Å². The van der Waals surface area contributed by atoms with Crippen LogP contribution in [0.4, 0.5) is 19.0 Å². The molecule has 6 nitrogen and oxygen atoms in total. The average molecular weight is 435 g/mol. The third-order valence-corrected chi connectivity index (χ3v) is 7.89. The maximum absolute atomic E-state index is 12.9. The van der Waals surface area contributed by atoms with Crippen LogP contribution in [0, 0.1) is 0 Å². The molecule has 2 aliphatic rings. The third-order valence-electron chi connectivity index (χ3n) is 5.41. The van der Waals surface area contributed by atoms with Crippen LogP contribution in [-0.2, 0) is 22.9 Å². The number of hydrogen-bond donors (Lipinski definition) is 0. The summed E-state index contributed by atoms with van der Waals surface area (Å²) in [7, 11) is -3.94. The molecule has 3 heterocycles. The fraction of sp³-hybridized carbons (Fsp3) is 0.647. The van der Waals surface area contributed by atoms with Crippen LogP contribution in [0.15, 0.2) is 6.33 Å². The quantitative estimate of drug-likeness (QED) is 0.740. The molecule has 0 unspecified atom stereocenters. The summed E-state index contributed by atoms with van der Waals surface area (Å²) in [5, 5.41) is 1.06. The topological polar surface area (TPSA) is 66.4 Å². The summed E-state index contributed by atoms with van der Waals surface area (Å²) >= 11 is 1.69. The van der Waals surface area contributed by atoms with E-state index in [2.05, 4.69) is 14.9 Å². The largest absolute Gasteiger partial charge is 0.402 e. The zero-order chi connectivity index (χ0) is 20.1. The first-order chi connectivity index (χ1) is 13.1. The highest BCUT2D eigenvalue weighted by atomic mass is 32.2. The molecule has 0 aromatic carbocycles.